The third kappa shape index (κ3) is 6.68. The lowest BCUT2D eigenvalue weighted by Crippen LogP contribution is -2.18. The maximum atomic E-state index is 12.2. The van der Waals surface area contributed by atoms with Gasteiger partial charge in [-0.3, -0.25) is 0 Å². The molecule has 0 aliphatic carbocycles. The average Bonchev–Trinajstić information content (AvgIpc) is 2.29. The third-order valence-corrected chi connectivity index (χ3v) is 2.81. The molecule has 0 radical (unpaired) electrons. The van der Waals surface area contributed by atoms with Crippen molar-refractivity contribution in [1.82, 2.24) is 0 Å². The number of unbranched alkanes of at least 4 members (excludes halogenated alkanes) is 2. The number of hydrogen-bond donors (Lipinski definition) is 2. The van der Waals surface area contributed by atoms with Crippen LogP contribution in [0.15, 0.2) is 22.7 Å². The number of hydrogen-bond acceptors (Lipinski definition) is 3. The average molecular weight is 342 g/mol. The summed E-state index contributed by atoms with van der Waals surface area (Å²) in [6, 6.07) is 4.43. The largest absolute Gasteiger partial charge is 0.573 e. The molecule has 19 heavy (non-hydrogen) atoms. The van der Waals surface area contributed by atoms with Crippen molar-refractivity contribution < 1.29 is 23.0 Å². The van der Waals surface area contributed by atoms with E-state index < -0.39 is 6.36 Å². The summed E-state index contributed by atoms with van der Waals surface area (Å²) in [4.78, 5) is 0. The van der Waals surface area contributed by atoms with E-state index in [2.05, 4.69) is 26.0 Å². The van der Waals surface area contributed by atoms with Gasteiger partial charge in [-0.1, -0.05) is 15.9 Å². The predicted octanol–water partition coefficient (Wildman–Crippen LogP) is 3.92. The van der Waals surface area contributed by atoms with Crippen LogP contribution in [0.3, 0.4) is 0 Å². The monoisotopic (exact) mass is 341 g/mol. The highest BCUT2D eigenvalue weighted by Crippen LogP contribution is 2.32. The highest BCUT2D eigenvalue weighted by Gasteiger charge is 2.32. The molecule has 1 aromatic carbocycles. The molecule has 0 saturated carbocycles. The van der Waals surface area contributed by atoms with Crippen molar-refractivity contribution in [3.05, 3.63) is 22.7 Å². The van der Waals surface area contributed by atoms with Crippen LogP contribution in [0, 0.1) is 0 Å². The summed E-state index contributed by atoms with van der Waals surface area (Å²) in [5.41, 5.74) is 0.296. The Morgan fingerprint density at radius 3 is 2.58 bits per heavy atom. The van der Waals surface area contributed by atoms with Gasteiger partial charge in [0, 0.05) is 17.6 Å². The predicted molar refractivity (Wildman–Crippen MR) is 70.3 cm³/mol. The van der Waals surface area contributed by atoms with Gasteiger partial charge in [-0.15, -0.1) is 13.2 Å². The van der Waals surface area contributed by atoms with Crippen molar-refractivity contribution in [1.29, 1.82) is 0 Å². The molecule has 0 fully saturated rings. The van der Waals surface area contributed by atoms with E-state index in [0.717, 1.165) is 12.8 Å². The van der Waals surface area contributed by atoms with E-state index >= 15 is 0 Å². The number of aliphatic hydroxyl groups excluding tert-OH is 1. The number of rotatable bonds is 7. The second-order valence-corrected chi connectivity index (χ2v) is 4.82. The molecule has 0 heterocycles. The highest BCUT2D eigenvalue weighted by molar-refractivity contribution is 9.10. The van der Waals surface area contributed by atoms with Gasteiger partial charge in [0.05, 0.1) is 5.69 Å². The molecule has 108 valence electrons. The number of anilines is 1. The van der Waals surface area contributed by atoms with Gasteiger partial charge in [-0.05, 0) is 37.5 Å². The molecule has 0 aromatic heterocycles. The molecule has 0 unspecified atom stereocenters. The van der Waals surface area contributed by atoms with Crippen molar-refractivity contribution >= 4 is 21.6 Å². The van der Waals surface area contributed by atoms with Crippen LogP contribution in [-0.4, -0.2) is 24.6 Å². The third-order valence-electron chi connectivity index (χ3n) is 2.32. The Kier molecular flexibility index (Phi) is 6.44. The van der Waals surface area contributed by atoms with Crippen LogP contribution in [0.5, 0.6) is 5.75 Å². The molecule has 7 heteroatoms. The first-order chi connectivity index (χ1) is 8.92. The molecule has 0 saturated heterocycles. The highest BCUT2D eigenvalue weighted by atomic mass is 79.9. The normalized spacial score (nSPS) is 11.4. The molecule has 1 rings (SSSR count). The Hall–Kier alpha value is -0.950. The van der Waals surface area contributed by atoms with Gasteiger partial charge in [0.25, 0.3) is 0 Å². The molecule has 3 nitrogen and oxygen atoms in total. The standard InChI is InChI=1S/C12H15BrF3NO2/c13-9-4-5-10(17-6-2-1-3-7-18)11(8-9)19-12(14,15)16/h4-5,8,17-18H,1-3,6-7H2. The van der Waals surface area contributed by atoms with Crippen molar-refractivity contribution in [2.75, 3.05) is 18.5 Å². The van der Waals surface area contributed by atoms with Crippen LogP contribution >= 0.6 is 15.9 Å². The summed E-state index contributed by atoms with van der Waals surface area (Å²) in [6.07, 6.45) is -2.44. The molecule has 0 atom stereocenters. The molecule has 0 spiro atoms. The van der Waals surface area contributed by atoms with Crippen LogP contribution in [0.1, 0.15) is 19.3 Å². The summed E-state index contributed by atoms with van der Waals surface area (Å²) in [5, 5.41) is 11.5. The number of aliphatic hydroxyl groups is 1. The Labute approximate surface area is 117 Å². The molecule has 0 bridgehead atoms. The minimum Gasteiger partial charge on any atom is -0.404 e. The second kappa shape index (κ2) is 7.59. The molecule has 0 aliphatic rings. The Morgan fingerprint density at radius 1 is 1.21 bits per heavy atom. The van der Waals surface area contributed by atoms with Gasteiger partial charge in [-0.2, -0.15) is 0 Å². The minimum absolute atomic E-state index is 0.126. The van der Waals surface area contributed by atoms with Crippen LogP contribution in [0.4, 0.5) is 18.9 Å². The number of benzene rings is 1. The second-order valence-electron chi connectivity index (χ2n) is 3.90. The lowest BCUT2D eigenvalue weighted by Gasteiger charge is -2.15. The zero-order valence-electron chi connectivity index (χ0n) is 10.1. The van der Waals surface area contributed by atoms with E-state index in [1.54, 1.807) is 6.07 Å². The summed E-state index contributed by atoms with van der Waals surface area (Å²) in [7, 11) is 0. The van der Waals surface area contributed by atoms with Gasteiger partial charge in [-0.25, -0.2) is 0 Å². The zero-order valence-corrected chi connectivity index (χ0v) is 11.7. The van der Waals surface area contributed by atoms with Crippen LogP contribution in [-0.2, 0) is 0 Å². The van der Waals surface area contributed by atoms with Gasteiger partial charge in [0.1, 0.15) is 0 Å². The van der Waals surface area contributed by atoms with E-state index in [0.29, 0.717) is 23.1 Å². The lowest BCUT2D eigenvalue weighted by atomic mass is 10.2. The number of alkyl halides is 3. The van der Waals surface area contributed by atoms with Crippen molar-refractivity contribution in [3.8, 4) is 5.75 Å². The Balaban J connectivity index is 2.61. The molecule has 1 aromatic rings. The van der Waals surface area contributed by atoms with Gasteiger partial charge >= 0.3 is 6.36 Å². The molecule has 0 amide bonds. The fourth-order valence-corrected chi connectivity index (χ4v) is 1.83. The van der Waals surface area contributed by atoms with Crippen molar-refractivity contribution in [3.63, 3.8) is 0 Å². The van der Waals surface area contributed by atoms with Gasteiger partial charge in [0.15, 0.2) is 5.75 Å². The van der Waals surface area contributed by atoms with Crippen LogP contribution in [0.2, 0.25) is 0 Å². The SMILES string of the molecule is OCCCCCNc1ccc(Br)cc1OC(F)(F)F. The van der Waals surface area contributed by atoms with E-state index in [1.807, 2.05) is 0 Å². The maximum absolute atomic E-state index is 12.2. The summed E-state index contributed by atoms with van der Waals surface area (Å²) in [6.45, 7) is 0.649. The first-order valence-corrected chi connectivity index (χ1v) is 6.61. The number of halogens is 4. The quantitative estimate of drug-likeness (QED) is 0.738. The molecule has 0 aliphatic heterocycles. The fourth-order valence-electron chi connectivity index (χ4n) is 1.49. The van der Waals surface area contributed by atoms with Gasteiger partial charge < -0.3 is 15.2 Å². The Bertz CT molecular complexity index is 399. The van der Waals surface area contributed by atoms with E-state index in [9.17, 15) is 13.2 Å². The van der Waals surface area contributed by atoms with Crippen LogP contribution in [0.25, 0.3) is 0 Å². The topological polar surface area (TPSA) is 41.5 Å². The van der Waals surface area contributed by atoms with Crippen LogP contribution < -0.4 is 10.1 Å². The lowest BCUT2D eigenvalue weighted by molar-refractivity contribution is -0.274. The minimum atomic E-state index is -4.71. The maximum Gasteiger partial charge on any atom is 0.573 e. The summed E-state index contributed by atoms with van der Waals surface area (Å²) < 4.78 is 41.2. The zero-order chi connectivity index (χ0) is 14.3. The molecule has 2 N–H and O–H groups in total. The fraction of sp³-hybridized carbons (Fsp3) is 0.500. The summed E-state index contributed by atoms with van der Waals surface area (Å²) >= 11 is 3.10. The number of ether oxygens (including phenoxy) is 1. The van der Waals surface area contributed by atoms with E-state index in [4.69, 9.17) is 5.11 Å². The Morgan fingerprint density at radius 2 is 1.95 bits per heavy atom. The van der Waals surface area contributed by atoms with Crippen molar-refractivity contribution in [2.45, 2.75) is 25.6 Å². The van der Waals surface area contributed by atoms with Crippen molar-refractivity contribution in [2.24, 2.45) is 0 Å². The first-order valence-electron chi connectivity index (χ1n) is 5.82. The van der Waals surface area contributed by atoms with E-state index in [1.165, 1.54) is 12.1 Å². The molecular formula is C12H15BrF3NO2. The molecular weight excluding hydrogens is 327 g/mol. The number of nitrogens with one attached hydrogen (secondary N) is 1. The van der Waals surface area contributed by atoms with E-state index in [-0.39, 0.29) is 12.4 Å². The van der Waals surface area contributed by atoms with Gasteiger partial charge in [0.2, 0.25) is 0 Å². The summed E-state index contributed by atoms with van der Waals surface area (Å²) in [5.74, 6) is -0.260. The smallest absolute Gasteiger partial charge is 0.404 e. The first kappa shape index (κ1) is 16.1.